The molecule has 29 heavy (non-hydrogen) atoms. The Labute approximate surface area is 163 Å². The minimum absolute atomic E-state index is 0.00623. The third-order valence-corrected chi connectivity index (χ3v) is 4.89. The van der Waals surface area contributed by atoms with E-state index in [1.807, 2.05) is 30.3 Å². The number of halogens is 4. The van der Waals surface area contributed by atoms with E-state index in [9.17, 15) is 22.8 Å². The summed E-state index contributed by atoms with van der Waals surface area (Å²) in [6, 6.07) is 12.5. The summed E-state index contributed by atoms with van der Waals surface area (Å²) >= 11 is 0. The van der Waals surface area contributed by atoms with Crippen LogP contribution in [0.4, 0.5) is 23.2 Å². The Morgan fingerprint density at radius 1 is 1.17 bits per heavy atom. The van der Waals surface area contributed by atoms with Crippen LogP contribution in [0, 0.1) is 17.1 Å². The van der Waals surface area contributed by atoms with E-state index < -0.39 is 17.6 Å². The molecule has 0 radical (unpaired) electrons. The number of nitrogens with zero attached hydrogens (tertiary/aromatic N) is 3. The molecule has 4 nitrogen and oxygen atoms in total. The Morgan fingerprint density at radius 2 is 1.97 bits per heavy atom. The molecule has 2 heterocycles. The number of rotatable bonds is 3. The van der Waals surface area contributed by atoms with Crippen molar-refractivity contribution < 1.29 is 17.6 Å². The molecule has 2 aromatic carbocycles. The Morgan fingerprint density at radius 3 is 2.69 bits per heavy atom. The number of aromatic nitrogens is 2. The molecule has 1 atom stereocenters. The summed E-state index contributed by atoms with van der Waals surface area (Å²) in [5, 5.41) is 12.5. The Balaban J connectivity index is 1.73. The fourth-order valence-corrected chi connectivity index (χ4v) is 3.56. The number of fused-ring (bicyclic) bond motifs is 1. The summed E-state index contributed by atoms with van der Waals surface area (Å²) in [5.41, 5.74) is 2.27. The maximum atomic E-state index is 14.0. The molecule has 1 N–H and O–H groups in total. The molecular formula is C21H14F4N4. The number of hydrogen-bond acceptors (Lipinski definition) is 4. The number of hydrogen-bond donors (Lipinski definition) is 1. The number of alkyl halides is 3. The summed E-state index contributed by atoms with van der Waals surface area (Å²) in [6.45, 7) is 0.565. The van der Waals surface area contributed by atoms with Gasteiger partial charge in [0.05, 0.1) is 11.3 Å². The summed E-state index contributed by atoms with van der Waals surface area (Å²) < 4.78 is 52.4. The third-order valence-electron chi connectivity index (χ3n) is 4.89. The van der Waals surface area contributed by atoms with Gasteiger partial charge in [-0.15, -0.1) is 0 Å². The van der Waals surface area contributed by atoms with Crippen LogP contribution in [0.3, 0.4) is 0 Å². The zero-order valence-corrected chi connectivity index (χ0v) is 15.0. The third kappa shape index (κ3) is 3.63. The van der Waals surface area contributed by atoms with Crippen molar-refractivity contribution in [3.8, 4) is 6.07 Å². The smallest absolute Gasteiger partial charge is 0.384 e. The minimum atomic E-state index is -4.75. The van der Waals surface area contributed by atoms with E-state index in [2.05, 4.69) is 15.3 Å². The molecule has 3 aromatic rings. The first-order chi connectivity index (χ1) is 13.9. The molecular weight excluding hydrogens is 384 g/mol. The summed E-state index contributed by atoms with van der Waals surface area (Å²) in [6.07, 6.45) is -3.11. The minimum Gasteiger partial charge on any atom is -0.384 e. The van der Waals surface area contributed by atoms with E-state index in [4.69, 9.17) is 0 Å². The Hall–Kier alpha value is -3.47. The molecule has 146 valence electrons. The van der Waals surface area contributed by atoms with Crippen LogP contribution in [0.25, 0.3) is 0 Å². The first-order valence-corrected chi connectivity index (χ1v) is 8.81. The molecule has 0 spiro atoms. The lowest BCUT2D eigenvalue weighted by Crippen LogP contribution is -2.12. The topological polar surface area (TPSA) is 61.6 Å². The molecule has 0 amide bonds. The monoisotopic (exact) mass is 398 g/mol. The number of para-hydroxylation sites is 1. The van der Waals surface area contributed by atoms with Crippen molar-refractivity contribution in [3.63, 3.8) is 0 Å². The van der Waals surface area contributed by atoms with Crippen molar-refractivity contribution in [2.24, 2.45) is 0 Å². The van der Waals surface area contributed by atoms with Gasteiger partial charge in [0.2, 0.25) is 5.82 Å². The molecule has 1 aliphatic heterocycles. The predicted octanol–water partition coefficient (Wildman–Crippen LogP) is 4.65. The lowest BCUT2D eigenvalue weighted by molar-refractivity contribution is -0.140. The highest BCUT2D eigenvalue weighted by atomic mass is 19.4. The van der Waals surface area contributed by atoms with Crippen molar-refractivity contribution in [2.75, 3.05) is 11.9 Å². The summed E-state index contributed by atoms with van der Waals surface area (Å²) in [7, 11) is 0. The largest absolute Gasteiger partial charge is 0.419 e. The molecule has 1 aromatic heterocycles. The summed E-state index contributed by atoms with van der Waals surface area (Å²) in [4.78, 5) is 8.36. The van der Waals surface area contributed by atoms with Gasteiger partial charge in [0.1, 0.15) is 11.9 Å². The number of nitriles is 1. The first-order valence-electron chi connectivity index (χ1n) is 8.81. The normalized spacial score (nSPS) is 15.5. The van der Waals surface area contributed by atoms with Crippen LogP contribution in [0.5, 0.6) is 0 Å². The van der Waals surface area contributed by atoms with E-state index in [1.54, 1.807) is 0 Å². The zero-order chi connectivity index (χ0) is 20.6. The number of benzene rings is 2. The average Bonchev–Trinajstić information content (AvgIpc) is 3.11. The second-order valence-corrected chi connectivity index (χ2v) is 6.73. The average molecular weight is 398 g/mol. The highest BCUT2D eigenvalue weighted by Crippen LogP contribution is 2.37. The van der Waals surface area contributed by atoms with E-state index in [-0.39, 0.29) is 18.2 Å². The molecule has 0 fully saturated rings. The lowest BCUT2D eigenvalue weighted by atomic mass is 9.92. The van der Waals surface area contributed by atoms with Gasteiger partial charge in [-0.1, -0.05) is 24.3 Å². The van der Waals surface area contributed by atoms with Gasteiger partial charge in [-0.3, -0.25) is 0 Å². The van der Waals surface area contributed by atoms with Gasteiger partial charge in [0, 0.05) is 30.8 Å². The fourth-order valence-electron chi connectivity index (χ4n) is 3.56. The van der Waals surface area contributed by atoms with E-state index >= 15 is 0 Å². The highest BCUT2D eigenvalue weighted by Gasteiger charge is 2.34. The van der Waals surface area contributed by atoms with E-state index in [0.29, 0.717) is 23.4 Å². The molecule has 0 saturated carbocycles. The fraction of sp³-hybridized carbons (Fsp3) is 0.190. The first kappa shape index (κ1) is 18.9. The Kier molecular flexibility index (Phi) is 4.66. The number of anilines is 1. The second kappa shape index (κ2) is 7.17. The maximum Gasteiger partial charge on any atom is 0.419 e. The molecule has 1 unspecified atom stereocenters. The van der Waals surface area contributed by atoms with Crippen LogP contribution in [0.1, 0.15) is 39.7 Å². The van der Waals surface area contributed by atoms with Crippen LogP contribution in [-0.2, 0) is 12.6 Å². The molecule has 0 saturated heterocycles. The van der Waals surface area contributed by atoms with Crippen molar-refractivity contribution in [3.05, 3.63) is 88.3 Å². The van der Waals surface area contributed by atoms with Crippen molar-refractivity contribution in [1.82, 2.24) is 9.97 Å². The van der Waals surface area contributed by atoms with E-state index in [0.717, 1.165) is 23.4 Å². The van der Waals surface area contributed by atoms with E-state index in [1.165, 1.54) is 12.3 Å². The van der Waals surface area contributed by atoms with Crippen molar-refractivity contribution >= 4 is 5.69 Å². The summed E-state index contributed by atoms with van der Waals surface area (Å²) in [5.74, 6) is -1.46. The quantitative estimate of drug-likeness (QED) is 0.652. The van der Waals surface area contributed by atoms with Gasteiger partial charge in [-0.25, -0.2) is 14.4 Å². The standard InChI is InChI=1S/C21H14F4N4/c22-17-8-12(5-6-16(17)21(23,24)25)7-13-10-28-19(9-26)29-20(13)15-11-27-18-4-2-1-3-14(15)18/h1-6,8,10,15,27H,7,11H2. The SMILES string of the molecule is N#Cc1ncc(Cc2ccc(C(F)(F)F)c(F)c2)c(C2CNc3ccccc32)n1. The van der Waals surface area contributed by atoms with Crippen LogP contribution >= 0.6 is 0 Å². The van der Waals surface area contributed by atoms with Gasteiger partial charge in [-0.05, 0) is 34.9 Å². The van der Waals surface area contributed by atoms with Gasteiger partial charge >= 0.3 is 6.18 Å². The molecule has 8 heteroatoms. The van der Waals surface area contributed by atoms with Crippen LogP contribution < -0.4 is 5.32 Å². The lowest BCUT2D eigenvalue weighted by Gasteiger charge is -2.15. The van der Waals surface area contributed by atoms with Gasteiger partial charge < -0.3 is 5.32 Å². The second-order valence-electron chi connectivity index (χ2n) is 6.73. The van der Waals surface area contributed by atoms with Gasteiger partial charge in [-0.2, -0.15) is 18.4 Å². The molecule has 1 aliphatic rings. The van der Waals surface area contributed by atoms with Gasteiger partial charge in [0.15, 0.2) is 0 Å². The van der Waals surface area contributed by atoms with Crippen molar-refractivity contribution in [2.45, 2.75) is 18.5 Å². The van der Waals surface area contributed by atoms with Crippen molar-refractivity contribution in [1.29, 1.82) is 5.26 Å². The zero-order valence-electron chi connectivity index (χ0n) is 15.0. The highest BCUT2D eigenvalue weighted by molar-refractivity contribution is 5.60. The van der Waals surface area contributed by atoms with Crippen LogP contribution in [0.2, 0.25) is 0 Å². The molecule has 4 rings (SSSR count). The Bertz CT molecular complexity index is 1120. The predicted molar refractivity (Wildman–Crippen MR) is 97.7 cm³/mol. The van der Waals surface area contributed by atoms with Gasteiger partial charge in [0.25, 0.3) is 0 Å². The van der Waals surface area contributed by atoms with Crippen LogP contribution in [-0.4, -0.2) is 16.5 Å². The number of nitrogens with one attached hydrogen (secondary N) is 1. The maximum absolute atomic E-state index is 14.0. The van der Waals surface area contributed by atoms with Crippen LogP contribution in [0.15, 0.2) is 48.7 Å². The molecule has 0 aliphatic carbocycles. The molecule has 0 bridgehead atoms.